The van der Waals surface area contributed by atoms with Crippen molar-refractivity contribution in [3.8, 4) is 0 Å². The molecule has 0 spiro atoms. The first kappa shape index (κ1) is 12.8. The molecule has 0 saturated carbocycles. The maximum atomic E-state index is 6.38. The fourth-order valence-corrected chi connectivity index (χ4v) is 2.61. The van der Waals surface area contributed by atoms with E-state index in [0.29, 0.717) is 0 Å². The molecule has 0 aliphatic rings. The molecule has 0 radical (unpaired) electrons. The van der Waals surface area contributed by atoms with E-state index < -0.39 is 0 Å². The van der Waals surface area contributed by atoms with Gasteiger partial charge in [-0.2, -0.15) is 0 Å². The van der Waals surface area contributed by atoms with Gasteiger partial charge in [0, 0.05) is 6.04 Å². The van der Waals surface area contributed by atoms with Gasteiger partial charge in [0.1, 0.15) is 0 Å². The van der Waals surface area contributed by atoms with E-state index >= 15 is 0 Å². The molecule has 0 saturated heterocycles. The number of hydrogen-bond donors (Lipinski definition) is 1. The minimum atomic E-state index is 0.0769. The Kier molecular flexibility index (Phi) is 3.83. The van der Waals surface area contributed by atoms with Gasteiger partial charge in [0.2, 0.25) is 0 Å². The molecule has 0 aliphatic carbocycles. The number of aryl methyl sites for hydroxylation is 3. The summed E-state index contributed by atoms with van der Waals surface area (Å²) < 4.78 is 0. The highest BCUT2D eigenvalue weighted by atomic mass is 14.6. The predicted octanol–water partition coefficient (Wildman–Crippen LogP) is 3.85. The van der Waals surface area contributed by atoms with Gasteiger partial charge in [0.15, 0.2) is 0 Å². The molecule has 1 atom stereocenters. The number of nitrogens with two attached hydrogens (primary N) is 1. The Balaban J connectivity index is 2.25. The van der Waals surface area contributed by atoms with Crippen LogP contribution in [-0.4, -0.2) is 0 Å². The van der Waals surface area contributed by atoms with Crippen LogP contribution >= 0.6 is 0 Å². The molecule has 1 heteroatoms. The van der Waals surface area contributed by atoms with Crippen molar-refractivity contribution in [1.82, 2.24) is 0 Å². The van der Waals surface area contributed by atoms with Gasteiger partial charge in [0.25, 0.3) is 0 Å². The van der Waals surface area contributed by atoms with E-state index in [4.69, 9.17) is 5.73 Å². The summed E-state index contributed by atoms with van der Waals surface area (Å²) in [6.45, 7) is 6.39. The zero-order valence-corrected chi connectivity index (χ0v) is 11.4. The van der Waals surface area contributed by atoms with Gasteiger partial charge in [0.05, 0.1) is 0 Å². The van der Waals surface area contributed by atoms with E-state index in [2.05, 4.69) is 63.2 Å². The third-order valence-corrected chi connectivity index (χ3v) is 3.45. The average molecular weight is 239 g/mol. The molecule has 0 bridgehead atoms. The highest BCUT2D eigenvalue weighted by Gasteiger charge is 2.12. The van der Waals surface area contributed by atoms with Crippen molar-refractivity contribution in [1.29, 1.82) is 0 Å². The van der Waals surface area contributed by atoms with E-state index in [-0.39, 0.29) is 6.04 Å². The van der Waals surface area contributed by atoms with Crippen molar-refractivity contribution in [3.63, 3.8) is 0 Å². The Labute approximate surface area is 110 Å². The van der Waals surface area contributed by atoms with E-state index in [1.807, 2.05) is 0 Å². The van der Waals surface area contributed by atoms with Crippen LogP contribution in [0.25, 0.3) is 0 Å². The van der Waals surface area contributed by atoms with Gasteiger partial charge in [-0.1, -0.05) is 48.0 Å². The minimum Gasteiger partial charge on any atom is -0.324 e. The number of benzene rings is 2. The normalized spacial score (nSPS) is 12.4. The molecular weight excluding hydrogens is 218 g/mol. The van der Waals surface area contributed by atoms with Crippen molar-refractivity contribution in [2.75, 3.05) is 0 Å². The van der Waals surface area contributed by atoms with Gasteiger partial charge in [-0.3, -0.25) is 0 Å². The molecule has 0 aliphatic heterocycles. The lowest BCUT2D eigenvalue weighted by Crippen LogP contribution is -2.16. The lowest BCUT2D eigenvalue weighted by Gasteiger charge is -2.17. The monoisotopic (exact) mass is 239 g/mol. The minimum absolute atomic E-state index is 0.0769. The van der Waals surface area contributed by atoms with Gasteiger partial charge < -0.3 is 5.73 Å². The van der Waals surface area contributed by atoms with Crippen LogP contribution in [0, 0.1) is 20.8 Å². The van der Waals surface area contributed by atoms with Crippen molar-refractivity contribution < 1.29 is 0 Å². The van der Waals surface area contributed by atoms with Crippen LogP contribution in [0.2, 0.25) is 0 Å². The van der Waals surface area contributed by atoms with Crippen LogP contribution in [0.4, 0.5) is 0 Å². The molecule has 2 aromatic carbocycles. The van der Waals surface area contributed by atoms with E-state index in [1.54, 1.807) is 0 Å². The number of hydrogen-bond acceptors (Lipinski definition) is 1. The molecular formula is C17H21N. The Bertz CT molecular complexity index is 523. The molecule has 2 rings (SSSR count). The van der Waals surface area contributed by atoms with Gasteiger partial charge in [-0.25, -0.2) is 0 Å². The first-order valence-electron chi connectivity index (χ1n) is 6.45. The summed E-state index contributed by atoms with van der Waals surface area (Å²) >= 11 is 0. The van der Waals surface area contributed by atoms with Crippen LogP contribution < -0.4 is 5.73 Å². The lowest BCUT2D eigenvalue weighted by atomic mass is 9.92. The third-order valence-electron chi connectivity index (χ3n) is 3.45. The third kappa shape index (κ3) is 2.80. The average Bonchev–Trinajstić information content (AvgIpc) is 2.28. The lowest BCUT2D eigenvalue weighted by molar-refractivity contribution is 0.711. The molecule has 0 heterocycles. The summed E-state index contributed by atoms with van der Waals surface area (Å²) in [5.74, 6) is 0. The Hall–Kier alpha value is -1.60. The molecule has 0 amide bonds. The van der Waals surface area contributed by atoms with Crippen molar-refractivity contribution in [2.24, 2.45) is 5.73 Å². The van der Waals surface area contributed by atoms with E-state index in [0.717, 1.165) is 6.42 Å². The molecule has 0 aromatic heterocycles. The van der Waals surface area contributed by atoms with Crippen LogP contribution in [0.5, 0.6) is 0 Å². The molecule has 1 nitrogen and oxygen atoms in total. The van der Waals surface area contributed by atoms with E-state index in [9.17, 15) is 0 Å². The second-order valence-corrected chi connectivity index (χ2v) is 5.11. The van der Waals surface area contributed by atoms with Crippen LogP contribution in [0.3, 0.4) is 0 Å². The smallest absolute Gasteiger partial charge is 0.0341 e. The van der Waals surface area contributed by atoms with Crippen LogP contribution in [-0.2, 0) is 6.42 Å². The van der Waals surface area contributed by atoms with Gasteiger partial charge in [-0.15, -0.1) is 0 Å². The zero-order chi connectivity index (χ0) is 13.1. The van der Waals surface area contributed by atoms with Crippen LogP contribution in [0.15, 0.2) is 42.5 Å². The maximum absolute atomic E-state index is 6.38. The fourth-order valence-electron chi connectivity index (χ4n) is 2.61. The maximum Gasteiger partial charge on any atom is 0.0341 e. The zero-order valence-electron chi connectivity index (χ0n) is 11.4. The molecule has 94 valence electrons. The summed E-state index contributed by atoms with van der Waals surface area (Å²) in [5, 5.41) is 0. The summed E-state index contributed by atoms with van der Waals surface area (Å²) in [5.41, 5.74) is 12.8. The summed E-state index contributed by atoms with van der Waals surface area (Å²) in [7, 11) is 0. The molecule has 18 heavy (non-hydrogen) atoms. The second-order valence-electron chi connectivity index (χ2n) is 5.11. The molecule has 2 N–H and O–H groups in total. The predicted molar refractivity (Wildman–Crippen MR) is 77.7 cm³/mol. The largest absolute Gasteiger partial charge is 0.324 e. The van der Waals surface area contributed by atoms with Gasteiger partial charge >= 0.3 is 0 Å². The summed E-state index contributed by atoms with van der Waals surface area (Å²) in [6, 6.07) is 15.0. The van der Waals surface area contributed by atoms with Gasteiger partial charge in [-0.05, 0) is 49.4 Å². The summed E-state index contributed by atoms with van der Waals surface area (Å²) in [4.78, 5) is 0. The number of rotatable bonds is 3. The topological polar surface area (TPSA) is 26.0 Å². The second kappa shape index (κ2) is 5.36. The van der Waals surface area contributed by atoms with Crippen molar-refractivity contribution in [2.45, 2.75) is 33.2 Å². The first-order chi connectivity index (χ1) is 8.58. The van der Waals surface area contributed by atoms with Crippen LogP contribution in [0.1, 0.15) is 33.9 Å². The SMILES string of the molecule is Cc1cccc(CC(N)c2c(C)cccc2C)c1. The highest BCUT2D eigenvalue weighted by molar-refractivity contribution is 5.37. The quantitative estimate of drug-likeness (QED) is 0.865. The highest BCUT2D eigenvalue weighted by Crippen LogP contribution is 2.23. The Morgan fingerprint density at radius 2 is 1.56 bits per heavy atom. The van der Waals surface area contributed by atoms with E-state index in [1.165, 1.54) is 27.8 Å². The fraction of sp³-hybridized carbons (Fsp3) is 0.294. The van der Waals surface area contributed by atoms with Crippen molar-refractivity contribution in [3.05, 3.63) is 70.3 Å². The molecule has 0 fully saturated rings. The molecule has 2 aromatic rings. The summed E-state index contributed by atoms with van der Waals surface area (Å²) in [6.07, 6.45) is 0.896. The standard InChI is InChI=1S/C17H21N/c1-12-6-4-9-15(10-12)11-16(18)17-13(2)7-5-8-14(17)3/h4-10,16H,11,18H2,1-3H3. The molecule has 1 unspecified atom stereocenters. The van der Waals surface area contributed by atoms with Crippen molar-refractivity contribution >= 4 is 0 Å². The Morgan fingerprint density at radius 3 is 2.17 bits per heavy atom. The Morgan fingerprint density at radius 1 is 0.944 bits per heavy atom. The first-order valence-corrected chi connectivity index (χ1v) is 6.45.